The molecule has 0 bridgehead atoms. The molecule has 0 saturated heterocycles. The number of nitrogens with zero attached hydrogens (tertiary/aromatic N) is 2. The van der Waals surface area contributed by atoms with Crippen molar-refractivity contribution in [3.63, 3.8) is 0 Å². The number of carboxylic acid groups (broad SMARTS) is 1. The van der Waals surface area contributed by atoms with E-state index >= 15 is 0 Å². The molecule has 0 fully saturated rings. The summed E-state index contributed by atoms with van der Waals surface area (Å²) in [6.07, 6.45) is 10.5. The van der Waals surface area contributed by atoms with Crippen LogP contribution in [0.15, 0.2) is 104 Å². The fraction of sp³-hybridized carbons (Fsp3) is 0.451. The highest BCUT2D eigenvalue weighted by molar-refractivity contribution is 7.87. The van der Waals surface area contributed by atoms with Gasteiger partial charge in [-0.3, -0.25) is 18.5 Å². The highest BCUT2D eigenvalue weighted by Crippen LogP contribution is 2.54. The molecule has 25 heteroatoms. The first-order valence-corrected chi connectivity index (χ1v) is 30.0. The van der Waals surface area contributed by atoms with Crippen LogP contribution in [0.5, 0.6) is 0 Å². The summed E-state index contributed by atoms with van der Waals surface area (Å²) in [7, 11) is -18.6. The number of ether oxygens (including phenoxy) is 5. The number of benzene rings is 4. The van der Waals surface area contributed by atoms with Crippen molar-refractivity contribution in [3.8, 4) is 0 Å². The largest absolute Gasteiger partial charge is 0.744 e. The zero-order valence-corrected chi connectivity index (χ0v) is 46.0. The normalized spacial score (nSPS) is 17.6. The zero-order valence-electron chi connectivity index (χ0n) is 42.8. The molecule has 2 aliphatic rings. The van der Waals surface area contributed by atoms with Crippen molar-refractivity contribution in [1.29, 1.82) is 0 Å². The Bertz CT molecular complexity index is 3420. The molecule has 1 atom stereocenters. The lowest BCUT2D eigenvalue weighted by molar-refractivity contribution is -0.433. The SMILES string of the molecule is CC[N+]1=C(/C=C/C=C/C=C2/N(CCCCCC(=O)O)c3ccc4c(S(=O)(=O)[O-])cc(S(=O)(=O)O)cc4c3C2(C)CCOCCOCCOCCOCCOC)C(C)(C)c2c1ccc1c(S(=O)(=O)O)cc(S(=O)(=O)O)cc21. The summed E-state index contributed by atoms with van der Waals surface area (Å²) in [6, 6.07) is 9.84. The molecule has 0 amide bonds. The van der Waals surface area contributed by atoms with E-state index < -0.39 is 76.9 Å². The molecule has 0 aliphatic carbocycles. The lowest BCUT2D eigenvalue weighted by Gasteiger charge is -2.31. The van der Waals surface area contributed by atoms with Gasteiger partial charge in [0.15, 0.2) is 5.71 Å². The summed E-state index contributed by atoms with van der Waals surface area (Å²) in [6.45, 7) is 11.1. The number of hydrogen-bond donors (Lipinski definition) is 4. The summed E-state index contributed by atoms with van der Waals surface area (Å²) in [5.74, 6) is -0.947. The summed E-state index contributed by atoms with van der Waals surface area (Å²) >= 11 is 0. The molecule has 4 aromatic carbocycles. The maximum Gasteiger partial charge on any atom is 0.303 e. The first-order valence-electron chi connectivity index (χ1n) is 24.3. The average molecular weight is 1140 g/mol. The minimum atomic E-state index is -5.30. The van der Waals surface area contributed by atoms with E-state index in [0.29, 0.717) is 112 Å². The van der Waals surface area contributed by atoms with Crippen LogP contribution in [0.2, 0.25) is 0 Å². The highest BCUT2D eigenvalue weighted by atomic mass is 32.2. The Morgan fingerprint density at radius 3 is 1.74 bits per heavy atom. The lowest BCUT2D eigenvalue weighted by atomic mass is 9.76. The van der Waals surface area contributed by atoms with Gasteiger partial charge >= 0.3 is 5.97 Å². The third kappa shape index (κ3) is 13.8. The van der Waals surface area contributed by atoms with Gasteiger partial charge in [0, 0.05) is 66.6 Å². The second-order valence-corrected chi connectivity index (χ2v) is 24.3. The number of carboxylic acids is 1. The van der Waals surface area contributed by atoms with Crippen molar-refractivity contribution >= 4 is 85.1 Å². The molecule has 0 saturated carbocycles. The number of allylic oxidation sites excluding steroid dienone is 6. The maximum absolute atomic E-state index is 12.8. The molecule has 21 nitrogen and oxygen atoms in total. The first-order chi connectivity index (χ1) is 35.7. The molecule has 6 rings (SSSR count). The van der Waals surface area contributed by atoms with Gasteiger partial charge in [-0.2, -0.15) is 29.8 Å². The van der Waals surface area contributed by atoms with Crippen LogP contribution in [0.3, 0.4) is 0 Å². The molecule has 0 aromatic heterocycles. The Morgan fingerprint density at radius 1 is 0.658 bits per heavy atom. The fourth-order valence-corrected chi connectivity index (χ4v) is 12.6. The van der Waals surface area contributed by atoms with Crippen LogP contribution in [0.25, 0.3) is 21.5 Å². The van der Waals surface area contributed by atoms with E-state index in [4.69, 9.17) is 23.7 Å². The Morgan fingerprint density at radius 2 is 1.20 bits per heavy atom. The van der Waals surface area contributed by atoms with Gasteiger partial charge in [0.05, 0.1) is 73.0 Å². The topological polar surface area (TPSA) is 310 Å². The lowest BCUT2D eigenvalue weighted by Crippen LogP contribution is -2.31. The maximum atomic E-state index is 12.8. The van der Waals surface area contributed by atoms with Crippen molar-refractivity contribution in [3.05, 3.63) is 95.7 Å². The van der Waals surface area contributed by atoms with Gasteiger partial charge in [-0.25, -0.2) is 8.42 Å². The van der Waals surface area contributed by atoms with E-state index in [0.717, 1.165) is 11.8 Å². The summed E-state index contributed by atoms with van der Waals surface area (Å²) in [4.78, 5) is 10.3. The van der Waals surface area contributed by atoms with Crippen molar-refractivity contribution in [2.75, 3.05) is 84.6 Å². The van der Waals surface area contributed by atoms with Crippen LogP contribution >= 0.6 is 0 Å². The monoisotopic (exact) mass is 1140 g/mol. The van der Waals surface area contributed by atoms with Gasteiger partial charge in [-0.05, 0) is 111 Å². The third-order valence-electron chi connectivity index (χ3n) is 13.4. The summed E-state index contributed by atoms with van der Waals surface area (Å²) in [5, 5.41) is 9.57. The zero-order chi connectivity index (χ0) is 55.9. The predicted octanol–water partition coefficient (Wildman–Crippen LogP) is 6.56. The van der Waals surface area contributed by atoms with Gasteiger partial charge < -0.3 is 38.2 Å². The molecule has 0 radical (unpaired) electrons. The van der Waals surface area contributed by atoms with Crippen LogP contribution < -0.4 is 4.90 Å². The molecule has 0 spiro atoms. The van der Waals surface area contributed by atoms with Gasteiger partial charge in [0.2, 0.25) is 5.69 Å². The van der Waals surface area contributed by atoms with E-state index in [1.54, 1.807) is 37.5 Å². The second-order valence-electron chi connectivity index (χ2n) is 18.8. The number of fused-ring (bicyclic) bond motifs is 6. The van der Waals surface area contributed by atoms with Crippen LogP contribution in [0.1, 0.15) is 70.9 Å². The number of aliphatic carboxylic acids is 1. The number of anilines is 1. The van der Waals surface area contributed by atoms with E-state index in [1.165, 1.54) is 18.2 Å². The molecule has 4 aromatic rings. The quantitative estimate of drug-likeness (QED) is 0.0194. The Hall–Kier alpha value is -5.00. The molecule has 416 valence electrons. The van der Waals surface area contributed by atoms with Crippen molar-refractivity contribution in [2.45, 2.75) is 90.2 Å². The second kappa shape index (κ2) is 24.8. The van der Waals surface area contributed by atoms with Gasteiger partial charge in [0.25, 0.3) is 30.4 Å². The molecule has 2 aliphatic heterocycles. The smallest absolute Gasteiger partial charge is 0.303 e. The minimum Gasteiger partial charge on any atom is -0.744 e. The molecule has 76 heavy (non-hydrogen) atoms. The first kappa shape index (κ1) is 60.2. The van der Waals surface area contributed by atoms with Crippen molar-refractivity contribution in [2.24, 2.45) is 0 Å². The fourth-order valence-electron chi connectivity index (χ4n) is 9.95. The standard InChI is InChI=1S/C51H64N2O19S4/c1-6-52-41-18-16-37-39(31-35(73(56,57)58)33-43(37)75(62,63)64)48(41)50(2,3)45(52)13-9-7-10-14-46-51(4,20-22-69-25-26-71-29-30-72-28-27-70-24-23-68-5)49-40-32-36(74(59,60)61)34-44(76(65,66)67)38(40)17-19-42(49)53(46)21-12-8-11-15-47(54)55/h7,9-10,13-14,16-19,31-34H,6,8,11-12,15,20-30H2,1-5H3,(H4-,54,55,56,57,58,59,60,61,62,63,64,65,66,67). The molecule has 4 N–H and O–H groups in total. The number of unbranched alkanes of at least 4 members (excludes halogenated alkanes) is 2. The van der Waals surface area contributed by atoms with Crippen molar-refractivity contribution in [1.82, 2.24) is 0 Å². The van der Waals surface area contributed by atoms with Crippen LogP contribution in [-0.4, -0.2) is 153 Å². The van der Waals surface area contributed by atoms with E-state index in [1.807, 2.05) is 49.3 Å². The summed E-state index contributed by atoms with van der Waals surface area (Å²) < 4.78 is 173. The van der Waals surface area contributed by atoms with Crippen LogP contribution in [-0.2, 0) is 79.8 Å². The van der Waals surface area contributed by atoms with Gasteiger partial charge in [0.1, 0.15) is 21.6 Å². The average Bonchev–Trinajstić information content (AvgIpc) is 3.71. The van der Waals surface area contributed by atoms with Crippen molar-refractivity contribution < 1.29 is 90.0 Å². The number of hydrogen-bond acceptors (Lipinski definition) is 16. The Labute approximate surface area is 443 Å². The Kier molecular flexibility index (Phi) is 19.6. The van der Waals surface area contributed by atoms with E-state index in [-0.39, 0.29) is 54.2 Å². The number of carbonyl (C=O) groups is 1. The van der Waals surface area contributed by atoms with E-state index in [9.17, 15) is 61.8 Å². The molecule has 1 unspecified atom stereocenters. The van der Waals surface area contributed by atoms with Crippen LogP contribution in [0.4, 0.5) is 11.4 Å². The highest BCUT2D eigenvalue weighted by Gasteiger charge is 2.47. The van der Waals surface area contributed by atoms with Gasteiger partial charge in [-0.15, -0.1) is 0 Å². The number of methoxy groups -OCH3 is 1. The number of rotatable bonds is 29. The Balaban J connectivity index is 1.39. The predicted molar refractivity (Wildman–Crippen MR) is 281 cm³/mol. The van der Waals surface area contributed by atoms with Gasteiger partial charge in [-0.1, -0.05) is 30.7 Å². The summed E-state index contributed by atoms with van der Waals surface area (Å²) in [5.41, 5.74) is 1.51. The molecular formula is C51H64N2O19S4. The van der Waals surface area contributed by atoms with Crippen LogP contribution in [0, 0.1) is 0 Å². The minimum absolute atomic E-state index is 0.0469. The molecule has 2 heterocycles. The third-order valence-corrected chi connectivity index (χ3v) is 16.8. The van der Waals surface area contributed by atoms with E-state index in [2.05, 4.69) is 0 Å². The molecular weight excluding hydrogens is 1070 g/mol.